The molecule has 0 bridgehead atoms. The van der Waals surface area contributed by atoms with Gasteiger partial charge in [-0.1, -0.05) is 6.07 Å². The Morgan fingerprint density at radius 2 is 2.26 bits per heavy atom. The van der Waals surface area contributed by atoms with E-state index in [9.17, 15) is 14.4 Å². The van der Waals surface area contributed by atoms with Crippen molar-refractivity contribution >= 4 is 18.5 Å². The summed E-state index contributed by atoms with van der Waals surface area (Å²) in [7, 11) is -2.14. The number of H-pyrrole nitrogens is 1. The van der Waals surface area contributed by atoms with Crippen molar-refractivity contribution < 1.29 is 19.1 Å². The van der Waals surface area contributed by atoms with Gasteiger partial charge in [0.2, 0.25) is 0 Å². The average Bonchev–Trinajstić information content (AvgIpc) is 3.06. The quantitative estimate of drug-likeness (QED) is 0.730. The van der Waals surface area contributed by atoms with E-state index in [4.69, 9.17) is 4.74 Å². The van der Waals surface area contributed by atoms with Crippen LogP contribution in [-0.2, 0) is 11.0 Å². The lowest BCUT2D eigenvalue weighted by atomic mass is 10.0. The summed E-state index contributed by atoms with van der Waals surface area (Å²) < 4.78 is 17.0. The van der Waals surface area contributed by atoms with Gasteiger partial charge in [0.15, 0.2) is 5.85 Å². The highest BCUT2D eigenvalue weighted by atomic mass is 31.2. The number of likely N-dealkylation sites (tertiary alicyclic amines) is 1. The van der Waals surface area contributed by atoms with Gasteiger partial charge in [0, 0.05) is 23.1 Å². The van der Waals surface area contributed by atoms with Gasteiger partial charge in [0.05, 0.1) is 0 Å². The summed E-state index contributed by atoms with van der Waals surface area (Å²) in [5.74, 6) is -0.639. The Labute approximate surface area is 135 Å². The molecule has 1 saturated heterocycles. The summed E-state index contributed by atoms with van der Waals surface area (Å²) >= 11 is 0. The van der Waals surface area contributed by atoms with Crippen molar-refractivity contribution in [3.05, 3.63) is 30.0 Å². The Hall–Kier alpha value is -1.33. The van der Waals surface area contributed by atoms with Gasteiger partial charge in [0.1, 0.15) is 5.75 Å². The van der Waals surface area contributed by atoms with Crippen molar-refractivity contribution in [2.24, 2.45) is 0 Å². The third-order valence-corrected chi connectivity index (χ3v) is 5.70. The molecular weight excluding hydrogens is 315 g/mol. The zero-order valence-electron chi connectivity index (χ0n) is 13.4. The Kier molecular flexibility index (Phi) is 4.52. The maximum absolute atomic E-state index is 11.4. The van der Waals surface area contributed by atoms with Gasteiger partial charge in [-0.2, -0.15) is 0 Å². The minimum Gasteiger partial charge on any atom is -0.477 e. The van der Waals surface area contributed by atoms with Crippen LogP contribution in [-0.4, -0.2) is 45.2 Å². The topological polar surface area (TPSA) is 85.8 Å². The second kappa shape index (κ2) is 6.29. The first-order chi connectivity index (χ1) is 10.9. The van der Waals surface area contributed by atoms with E-state index in [0.29, 0.717) is 11.8 Å². The lowest BCUT2D eigenvalue weighted by Gasteiger charge is -2.20. The van der Waals surface area contributed by atoms with Crippen molar-refractivity contribution in [2.45, 2.75) is 38.1 Å². The van der Waals surface area contributed by atoms with Gasteiger partial charge in [0.25, 0.3) is 0 Å². The lowest BCUT2D eigenvalue weighted by Crippen LogP contribution is -2.26. The van der Waals surface area contributed by atoms with E-state index >= 15 is 0 Å². The smallest absolute Gasteiger partial charge is 0.365 e. The Morgan fingerprint density at radius 1 is 1.48 bits per heavy atom. The van der Waals surface area contributed by atoms with Gasteiger partial charge in [-0.15, -0.1) is 0 Å². The third kappa shape index (κ3) is 3.45. The summed E-state index contributed by atoms with van der Waals surface area (Å²) in [5.41, 5.74) is 2.06. The number of fused-ring (bicyclic) bond motifs is 1. The number of rotatable bonds is 5. The lowest BCUT2D eigenvalue weighted by molar-refractivity contribution is 0.239. The fourth-order valence-electron chi connectivity index (χ4n) is 3.22. The molecule has 0 saturated carbocycles. The second-order valence-corrected chi connectivity index (χ2v) is 8.19. The number of benzene rings is 1. The number of aromatic amines is 1. The molecule has 0 aliphatic carbocycles. The SMILES string of the molecule is CC(Oc1cccc2[nH]cc(CC3CCCN3C)c12)P(=O)(O)O. The molecule has 2 heterocycles. The fourth-order valence-corrected chi connectivity index (χ4v) is 3.47. The number of ether oxygens (including phenoxy) is 1. The predicted octanol–water partition coefficient (Wildman–Crippen LogP) is 2.71. The van der Waals surface area contributed by atoms with Crippen molar-refractivity contribution in [1.29, 1.82) is 0 Å². The first-order valence-electron chi connectivity index (χ1n) is 7.87. The molecule has 3 rings (SSSR count). The average molecular weight is 338 g/mol. The molecule has 2 unspecified atom stereocenters. The molecule has 23 heavy (non-hydrogen) atoms. The van der Waals surface area contributed by atoms with Crippen LogP contribution in [0.25, 0.3) is 10.9 Å². The Bertz CT molecular complexity index is 739. The summed E-state index contributed by atoms with van der Waals surface area (Å²) in [6.45, 7) is 2.52. The molecule has 0 amide bonds. The van der Waals surface area contributed by atoms with Crippen molar-refractivity contribution in [2.75, 3.05) is 13.6 Å². The highest BCUT2D eigenvalue weighted by Gasteiger charge is 2.27. The molecule has 1 fully saturated rings. The number of hydrogen-bond acceptors (Lipinski definition) is 3. The zero-order valence-corrected chi connectivity index (χ0v) is 14.3. The minimum atomic E-state index is -4.28. The van der Waals surface area contributed by atoms with Crippen LogP contribution in [0, 0.1) is 0 Å². The third-order valence-electron chi connectivity index (χ3n) is 4.65. The molecule has 0 spiro atoms. The molecule has 2 aromatic rings. The van der Waals surface area contributed by atoms with E-state index in [1.54, 1.807) is 6.07 Å². The largest absolute Gasteiger partial charge is 0.477 e. The monoisotopic (exact) mass is 338 g/mol. The summed E-state index contributed by atoms with van der Waals surface area (Å²) in [5, 5.41) is 0.924. The van der Waals surface area contributed by atoms with Crippen molar-refractivity contribution in [3.63, 3.8) is 0 Å². The van der Waals surface area contributed by atoms with Crippen LogP contribution >= 0.6 is 7.60 Å². The van der Waals surface area contributed by atoms with E-state index in [0.717, 1.165) is 29.4 Å². The molecule has 1 aliphatic rings. The molecule has 1 aliphatic heterocycles. The van der Waals surface area contributed by atoms with E-state index in [1.807, 2.05) is 18.3 Å². The summed E-state index contributed by atoms with van der Waals surface area (Å²) in [6.07, 6.45) is 5.26. The van der Waals surface area contributed by atoms with Crippen LogP contribution in [0.5, 0.6) is 5.75 Å². The second-order valence-electron chi connectivity index (χ2n) is 6.28. The van der Waals surface area contributed by atoms with Gasteiger partial charge in [-0.25, -0.2) is 0 Å². The highest BCUT2D eigenvalue weighted by Crippen LogP contribution is 2.43. The molecule has 126 valence electrons. The van der Waals surface area contributed by atoms with Crippen LogP contribution in [0.2, 0.25) is 0 Å². The molecule has 6 nitrogen and oxygen atoms in total. The molecule has 7 heteroatoms. The van der Waals surface area contributed by atoms with Gasteiger partial charge < -0.3 is 24.4 Å². The Morgan fingerprint density at radius 3 is 2.91 bits per heavy atom. The predicted molar refractivity (Wildman–Crippen MR) is 89.8 cm³/mol. The van der Waals surface area contributed by atoms with E-state index < -0.39 is 13.4 Å². The Balaban J connectivity index is 1.92. The zero-order chi connectivity index (χ0) is 16.6. The first-order valence-corrected chi connectivity index (χ1v) is 9.55. The molecule has 3 N–H and O–H groups in total. The minimum absolute atomic E-state index is 0.501. The highest BCUT2D eigenvalue weighted by molar-refractivity contribution is 7.52. The maximum atomic E-state index is 11.4. The van der Waals surface area contributed by atoms with E-state index in [2.05, 4.69) is 16.9 Å². The van der Waals surface area contributed by atoms with Crippen LogP contribution in [0.1, 0.15) is 25.3 Å². The summed E-state index contributed by atoms with van der Waals surface area (Å²) in [4.78, 5) is 24.1. The van der Waals surface area contributed by atoms with E-state index in [1.165, 1.54) is 19.8 Å². The number of hydrogen-bond donors (Lipinski definition) is 3. The maximum Gasteiger partial charge on any atom is 0.365 e. The first kappa shape index (κ1) is 16.5. The van der Waals surface area contributed by atoms with Crippen LogP contribution in [0.15, 0.2) is 24.4 Å². The van der Waals surface area contributed by atoms with E-state index in [-0.39, 0.29) is 0 Å². The number of aromatic nitrogens is 1. The van der Waals surface area contributed by atoms with Gasteiger partial charge in [-0.05, 0) is 57.5 Å². The van der Waals surface area contributed by atoms with Gasteiger partial charge >= 0.3 is 7.60 Å². The standard InChI is InChI=1S/C16H23N2O4P/c1-11(23(19,20)21)22-15-7-3-6-14-16(15)12(10-17-14)9-13-5-4-8-18(13)2/h3,6-7,10-11,13,17H,4-5,8-9H2,1-2H3,(H2,19,20,21). The number of nitrogens with one attached hydrogen (secondary N) is 1. The van der Waals surface area contributed by atoms with Crippen LogP contribution in [0.4, 0.5) is 0 Å². The molecule has 0 radical (unpaired) electrons. The normalized spacial score (nSPS) is 21.0. The fraction of sp³-hybridized carbons (Fsp3) is 0.500. The molecule has 2 atom stereocenters. The number of likely N-dealkylation sites (N-methyl/N-ethyl adjacent to an activating group) is 1. The molecule has 1 aromatic carbocycles. The van der Waals surface area contributed by atoms with Crippen LogP contribution in [0.3, 0.4) is 0 Å². The van der Waals surface area contributed by atoms with Gasteiger partial charge in [-0.3, -0.25) is 4.57 Å². The van der Waals surface area contributed by atoms with Crippen LogP contribution < -0.4 is 4.74 Å². The summed E-state index contributed by atoms with van der Waals surface area (Å²) in [6, 6.07) is 6.05. The van der Waals surface area contributed by atoms with Crippen molar-refractivity contribution in [3.8, 4) is 5.75 Å². The van der Waals surface area contributed by atoms with Crippen molar-refractivity contribution in [1.82, 2.24) is 9.88 Å². The molecule has 1 aromatic heterocycles. The molecular formula is C16H23N2O4P. The number of nitrogens with zero attached hydrogens (tertiary/aromatic N) is 1.